The van der Waals surface area contributed by atoms with Crippen molar-refractivity contribution < 1.29 is 23.0 Å². The lowest BCUT2D eigenvalue weighted by atomic mass is 9.81. The quantitative estimate of drug-likeness (QED) is 0.868. The summed E-state index contributed by atoms with van der Waals surface area (Å²) in [6.45, 7) is 0.314. The van der Waals surface area contributed by atoms with Gasteiger partial charge in [-0.05, 0) is 23.8 Å². The Morgan fingerprint density at radius 3 is 2.33 bits per heavy atom. The number of benzene rings is 2. The minimum atomic E-state index is -4.38. The zero-order chi connectivity index (χ0) is 15.1. The van der Waals surface area contributed by atoms with Gasteiger partial charge < -0.3 is 9.84 Å². The van der Waals surface area contributed by atoms with Crippen LogP contribution in [0.25, 0.3) is 0 Å². The molecule has 1 atom stereocenters. The van der Waals surface area contributed by atoms with Gasteiger partial charge in [0.15, 0.2) is 0 Å². The SMILES string of the molecule is OC1(c2ccc(C(F)(F)F)cc2)CCOc2ccccc21. The Morgan fingerprint density at radius 2 is 1.67 bits per heavy atom. The zero-order valence-electron chi connectivity index (χ0n) is 11.0. The standard InChI is InChI=1S/C16H13F3O2/c17-16(18,19)12-7-5-11(6-8-12)15(20)9-10-21-14-4-2-1-3-13(14)15/h1-8,20H,9-10H2. The first-order valence-electron chi connectivity index (χ1n) is 6.54. The number of fused-ring (bicyclic) bond motifs is 1. The van der Waals surface area contributed by atoms with Gasteiger partial charge in [0.25, 0.3) is 0 Å². The summed E-state index contributed by atoms with van der Waals surface area (Å²) in [5, 5.41) is 10.9. The van der Waals surface area contributed by atoms with E-state index in [2.05, 4.69) is 0 Å². The maximum absolute atomic E-state index is 12.6. The lowest BCUT2D eigenvalue weighted by Gasteiger charge is -2.34. The van der Waals surface area contributed by atoms with Crippen LogP contribution < -0.4 is 4.74 Å². The van der Waals surface area contributed by atoms with Crippen LogP contribution in [0.2, 0.25) is 0 Å². The molecule has 0 saturated carbocycles. The zero-order valence-corrected chi connectivity index (χ0v) is 11.0. The summed E-state index contributed by atoms with van der Waals surface area (Å²) in [4.78, 5) is 0. The number of rotatable bonds is 1. The number of alkyl halides is 3. The van der Waals surface area contributed by atoms with Crippen LogP contribution in [0.4, 0.5) is 13.2 Å². The summed E-state index contributed by atoms with van der Waals surface area (Å²) < 4.78 is 43.3. The van der Waals surface area contributed by atoms with E-state index in [1.807, 2.05) is 0 Å². The average Bonchev–Trinajstić information content (AvgIpc) is 2.47. The smallest absolute Gasteiger partial charge is 0.416 e. The van der Waals surface area contributed by atoms with E-state index in [-0.39, 0.29) is 0 Å². The lowest BCUT2D eigenvalue weighted by molar-refractivity contribution is -0.137. The van der Waals surface area contributed by atoms with E-state index < -0.39 is 17.3 Å². The first kappa shape index (κ1) is 13.9. The highest BCUT2D eigenvalue weighted by atomic mass is 19.4. The molecule has 0 fully saturated rings. The number of halogens is 3. The number of ether oxygens (including phenoxy) is 1. The maximum atomic E-state index is 12.6. The summed E-state index contributed by atoms with van der Waals surface area (Å²) in [5.74, 6) is 0.561. The first-order valence-corrected chi connectivity index (χ1v) is 6.54. The Bertz CT molecular complexity index is 649. The van der Waals surface area contributed by atoms with E-state index in [1.165, 1.54) is 12.1 Å². The monoisotopic (exact) mass is 294 g/mol. The van der Waals surface area contributed by atoms with Crippen molar-refractivity contribution in [3.63, 3.8) is 0 Å². The molecule has 110 valence electrons. The molecule has 1 N–H and O–H groups in total. The molecule has 0 radical (unpaired) electrons. The Hall–Kier alpha value is -2.01. The van der Waals surface area contributed by atoms with Gasteiger partial charge in [-0.1, -0.05) is 30.3 Å². The highest BCUT2D eigenvalue weighted by Crippen LogP contribution is 2.42. The average molecular weight is 294 g/mol. The van der Waals surface area contributed by atoms with Gasteiger partial charge in [-0.3, -0.25) is 0 Å². The summed E-state index contributed by atoms with van der Waals surface area (Å²) in [6.07, 6.45) is -4.08. The molecule has 1 aliphatic rings. The van der Waals surface area contributed by atoms with Crippen LogP contribution in [0.3, 0.4) is 0 Å². The molecule has 0 saturated heterocycles. The van der Waals surface area contributed by atoms with Crippen molar-refractivity contribution in [2.75, 3.05) is 6.61 Å². The van der Waals surface area contributed by atoms with E-state index in [0.29, 0.717) is 29.9 Å². The Kier molecular flexibility index (Phi) is 3.17. The predicted octanol–water partition coefficient (Wildman–Crippen LogP) is 3.72. The molecule has 0 bridgehead atoms. The Labute approximate surface area is 119 Å². The number of aliphatic hydroxyl groups is 1. The van der Waals surface area contributed by atoms with Crippen LogP contribution in [0.15, 0.2) is 48.5 Å². The molecule has 0 amide bonds. The van der Waals surface area contributed by atoms with Gasteiger partial charge in [0.2, 0.25) is 0 Å². The van der Waals surface area contributed by atoms with Gasteiger partial charge in [0.05, 0.1) is 12.2 Å². The highest BCUT2D eigenvalue weighted by molar-refractivity contribution is 5.46. The molecule has 1 unspecified atom stereocenters. The van der Waals surface area contributed by atoms with Gasteiger partial charge in [-0.2, -0.15) is 13.2 Å². The molecule has 0 aliphatic carbocycles. The van der Waals surface area contributed by atoms with Crippen molar-refractivity contribution in [3.8, 4) is 5.75 Å². The fourth-order valence-corrected chi connectivity index (χ4v) is 2.61. The number of hydrogen-bond acceptors (Lipinski definition) is 2. The fourth-order valence-electron chi connectivity index (χ4n) is 2.61. The third kappa shape index (κ3) is 2.38. The van der Waals surface area contributed by atoms with Crippen LogP contribution in [0, 0.1) is 0 Å². The van der Waals surface area contributed by atoms with Gasteiger partial charge in [0.1, 0.15) is 11.4 Å². The van der Waals surface area contributed by atoms with Gasteiger partial charge >= 0.3 is 6.18 Å². The Balaban J connectivity index is 2.04. The first-order chi connectivity index (χ1) is 9.91. The minimum absolute atomic E-state index is 0.301. The third-order valence-corrected chi connectivity index (χ3v) is 3.74. The molecule has 1 aliphatic heterocycles. The second kappa shape index (κ2) is 4.77. The summed E-state index contributed by atoms with van der Waals surface area (Å²) in [5.41, 5.74) is -1.03. The molecule has 2 aromatic carbocycles. The van der Waals surface area contributed by atoms with E-state index in [9.17, 15) is 18.3 Å². The van der Waals surface area contributed by atoms with Crippen molar-refractivity contribution >= 4 is 0 Å². The van der Waals surface area contributed by atoms with Crippen molar-refractivity contribution in [1.29, 1.82) is 0 Å². The molecule has 2 nitrogen and oxygen atoms in total. The molecule has 1 heterocycles. The minimum Gasteiger partial charge on any atom is -0.493 e. The fraction of sp³-hybridized carbons (Fsp3) is 0.250. The molecule has 0 spiro atoms. The van der Waals surface area contributed by atoms with Crippen molar-refractivity contribution in [3.05, 3.63) is 65.2 Å². The topological polar surface area (TPSA) is 29.5 Å². The number of hydrogen-bond donors (Lipinski definition) is 1. The molecule has 5 heteroatoms. The predicted molar refractivity (Wildman–Crippen MR) is 71.0 cm³/mol. The van der Waals surface area contributed by atoms with Crippen LogP contribution in [0.5, 0.6) is 5.75 Å². The van der Waals surface area contributed by atoms with E-state index in [0.717, 1.165) is 12.1 Å². The molecule has 2 aromatic rings. The van der Waals surface area contributed by atoms with Crippen molar-refractivity contribution in [1.82, 2.24) is 0 Å². The largest absolute Gasteiger partial charge is 0.493 e. The second-order valence-electron chi connectivity index (χ2n) is 5.03. The van der Waals surface area contributed by atoms with Crippen molar-refractivity contribution in [2.45, 2.75) is 18.2 Å². The number of para-hydroxylation sites is 1. The molecule has 3 rings (SSSR count). The van der Waals surface area contributed by atoms with Crippen LogP contribution in [0.1, 0.15) is 23.1 Å². The van der Waals surface area contributed by atoms with Gasteiger partial charge in [-0.15, -0.1) is 0 Å². The van der Waals surface area contributed by atoms with Crippen LogP contribution in [-0.4, -0.2) is 11.7 Å². The molecule has 21 heavy (non-hydrogen) atoms. The molecular weight excluding hydrogens is 281 g/mol. The van der Waals surface area contributed by atoms with Gasteiger partial charge in [0, 0.05) is 12.0 Å². The summed E-state index contributed by atoms with van der Waals surface area (Å²) in [6, 6.07) is 11.7. The highest BCUT2D eigenvalue weighted by Gasteiger charge is 2.38. The molecule has 0 aromatic heterocycles. The normalized spacial score (nSPS) is 21.5. The van der Waals surface area contributed by atoms with Crippen LogP contribution >= 0.6 is 0 Å². The van der Waals surface area contributed by atoms with E-state index in [1.54, 1.807) is 24.3 Å². The molecular formula is C16H13F3O2. The third-order valence-electron chi connectivity index (χ3n) is 3.74. The van der Waals surface area contributed by atoms with Crippen molar-refractivity contribution in [2.24, 2.45) is 0 Å². The van der Waals surface area contributed by atoms with E-state index in [4.69, 9.17) is 4.74 Å². The second-order valence-corrected chi connectivity index (χ2v) is 5.03. The summed E-state index contributed by atoms with van der Waals surface area (Å²) in [7, 11) is 0. The Morgan fingerprint density at radius 1 is 1.00 bits per heavy atom. The van der Waals surface area contributed by atoms with E-state index >= 15 is 0 Å². The lowest BCUT2D eigenvalue weighted by Crippen LogP contribution is -2.33. The maximum Gasteiger partial charge on any atom is 0.416 e. The van der Waals surface area contributed by atoms with Gasteiger partial charge in [-0.25, -0.2) is 0 Å². The van der Waals surface area contributed by atoms with Crippen LogP contribution in [-0.2, 0) is 11.8 Å². The summed E-state index contributed by atoms with van der Waals surface area (Å²) >= 11 is 0.